The van der Waals surface area contributed by atoms with Crippen molar-refractivity contribution in [2.75, 3.05) is 26.7 Å². The summed E-state index contributed by atoms with van der Waals surface area (Å²) in [6.07, 6.45) is 3.51. The molecule has 4 nitrogen and oxygen atoms in total. The second-order valence-electron chi connectivity index (χ2n) is 7.96. The van der Waals surface area contributed by atoms with Crippen molar-refractivity contribution in [3.8, 4) is 0 Å². The fourth-order valence-electron chi connectivity index (χ4n) is 4.28. The molecule has 0 aromatic heterocycles. The summed E-state index contributed by atoms with van der Waals surface area (Å²) in [6, 6.07) is 12.1. The number of nitrogens with one attached hydrogen (secondary N) is 2. The first-order valence-electron chi connectivity index (χ1n) is 9.24. The van der Waals surface area contributed by atoms with E-state index in [4.69, 9.17) is 0 Å². The zero-order chi connectivity index (χ0) is 17.2. The Balaban J connectivity index is 1.48. The molecular weight excluding hydrogens is 298 g/mol. The highest BCUT2D eigenvalue weighted by Gasteiger charge is 2.49. The molecule has 2 fully saturated rings. The molecule has 0 unspecified atom stereocenters. The van der Waals surface area contributed by atoms with Gasteiger partial charge in [0.25, 0.3) is 0 Å². The molecule has 4 heteroatoms. The van der Waals surface area contributed by atoms with Crippen molar-refractivity contribution in [2.45, 2.75) is 51.1 Å². The molecule has 0 spiro atoms. The highest BCUT2D eigenvalue weighted by molar-refractivity contribution is 5.77. The van der Waals surface area contributed by atoms with E-state index in [1.54, 1.807) is 7.05 Å². The van der Waals surface area contributed by atoms with E-state index < -0.39 is 0 Å². The van der Waals surface area contributed by atoms with E-state index in [0.29, 0.717) is 30.0 Å². The van der Waals surface area contributed by atoms with Crippen LogP contribution in [0.15, 0.2) is 30.3 Å². The third kappa shape index (κ3) is 3.65. The lowest BCUT2D eigenvalue weighted by Crippen LogP contribution is -2.59. The van der Waals surface area contributed by atoms with Gasteiger partial charge in [-0.05, 0) is 36.2 Å². The van der Waals surface area contributed by atoms with Gasteiger partial charge in [0.15, 0.2) is 0 Å². The molecule has 2 aliphatic rings. The Hall–Kier alpha value is -1.39. The second-order valence-corrected chi connectivity index (χ2v) is 7.96. The molecular formula is C20H31N3O. The minimum atomic E-state index is 0.118. The van der Waals surface area contributed by atoms with E-state index in [1.165, 1.54) is 12.0 Å². The van der Waals surface area contributed by atoms with Gasteiger partial charge >= 0.3 is 0 Å². The van der Waals surface area contributed by atoms with Gasteiger partial charge in [-0.2, -0.15) is 0 Å². The number of likely N-dealkylation sites (tertiary alicyclic amines) is 1. The minimum Gasteiger partial charge on any atom is -0.358 e. The number of amides is 1. The molecule has 1 saturated heterocycles. The summed E-state index contributed by atoms with van der Waals surface area (Å²) in [7, 11) is 1.71. The summed E-state index contributed by atoms with van der Waals surface area (Å²) < 4.78 is 0. The number of carbonyl (C=O) groups is 1. The van der Waals surface area contributed by atoms with Crippen molar-refractivity contribution < 1.29 is 4.79 Å². The van der Waals surface area contributed by atoms with Crippen molar-refractivity contribution in [1.29, 1.82) is 0 Å². The molecule has 24 heavy (non-hydrogen) atoms. The van der Waals surface area contributed by atoms with Crippen molar-refractivity contribution in [3.63, 3.8) is 0 Å². The average Bonchev–Trinajstić information content (AvgIpc) is 2.60. The monoisotopic (exact) mass is 329 g/mol. The predicted molar refractivity (Wildman–Crippen MR) is 98.0 cm³/mol. The predicted octanol–water partition coefficient (Wildman–Crippen LogP) is 2.37. The Kier molecular flexibility index (Phi) is 5.26. The smallest absolute Gasteiger partial charge is 0.233 e. The van der Waals surface area contributed by atoms with Gasteiger partial charge in [-0.25, -0.2) is 0 Å². The zero-order valence-corrected chi connectivity index (χ0v) is 15.2. The molecule has 3 rings (SSSR count). The lowest BCUT2D eigenvalue weighted by atomic mass is 9.56. The van der Waals surface area contributed by atoms with Crippen molar-refractivity contribution in [2.24, 2.45) is 5.41 Å². The second kappa shape index (κ2) is 7.24. The van der Waals surface area contributed by atoms with Gasteiger partial charge in [0, 0.05) is 32.2 Å². The van der Waals surface area contributed by atoms with Gasteiger partial charge in [-0.15, -0.1) is 0 Å². The van der Waals surface area contributed by atoms with Gasteiger partial charge in [-0.3, -0.25) is 9.69 Å². The van der Waals surface area contributed by atoms with Gasteiger partial charge in [-0.1, -0.05) is 44.2 Å². The standard InChI is InChI=1S/C20H31N3O/c1-20(2)17(15-7-5-4-6-8-15)13-18(20)22-16-9-11-23(12-10-16)14-19(24)21-3/h4-8,16-18,22H,9-14H2,1-3H3,(H,21,24)/t17-,18+/m0/s1. The first-order valence-corrected chi connectivity index (χ1v) is 9.24. The Morgan fingerprint density at radius 3 is 2.46 bits per heavy atom. The summed E-state index contributed by atoms with van der Waals surface area (Å²) in [5, 5.41) is 6.61. The summed E-state index contributed by atoms with van der Waals surface area (Å²) >= 11 is 0. The normalized spacial score (nSPS) is 27.5. The Morgan fingerprint density at radius 1 is 1.21 bits per heavy atom. The van der Waals surface area contributed by atoms with Crippen LogP contribution < -0.4 is 10.6 Å². The van der Waals surface area contributed by atoms with Crippen LogP contribution in [0.2, 0.25) is 0 Å². The van der Waals surface area contributed by atoms with Crippen LogP contribution in [0.4, 0.5) is 0 Å². The highest BCUT2D eigenvalue weighted by Crippen LogP contribution is 2.52. The lowest BCUT2D eigenvalue weighted by Gasteiger charge is -2.54. The van der Waals surface area contributed by atoms with Crippen LogP contribution in [0, 0.1) is 5.41 Å². The Morgan fingerprint density at radius 2 is 1.88 bits per heavy atom. The topological polar surface area (TPSA) is 44.4 Å². The Labute approximate surface area is 146 Å². The first-order chi connectivity index (χ1) is 11.5. The number of nitrogens with zero attached hydrogens (tertiary/aromatic N) is 1. The number of benzene rings is 1. The van der Waals surface area contributed by atoms with Crippen LogP contribution in [0.3, 0.4) is 0 Å². The fraction of sp³-hybridized carbons (Fsp3) is 0.650. The molecule has 1 amide bonds. The number of carbonyl (C=O) groups excluding carboxylic acids is 1. The summed E-state index contributed by atoms with van der Waals surface area (Å²) in [5.41, 5.74) is 1.78. The molecule has 0 radical (unpaired) electrons. The maximum absolute atomic E-state index is 11.5. The molecule has 2 atom stereocenters. The minimum absolute atomic E-state index is 0.118. The number of hydrogen-bond acceptors (Lipinski definition) is 3. The van der Waals surface area contributed by atoms with Crippen LogP contribution in [0.25, 0.3) is 0 Å². The van der Waals surface area contributed by atoms with E-state index in [9.17, 15) is 4.79 Å². The van der Waals surface area contributed by atoms with Crippen LogP contribution in [0.5, 0.6) is 0 Å². The van der Waals surface area contributed by atoms with Gasteiger partial charge < -0.3 is 10.6 Å². The maximum atomic E-state index is 11.5. The summed E-state index contributed by atoms with van der Waals surface area (Å²) in [5.74, 6) is 0.775. The van der Waals surface area contributed by atoms with Crippen LogP contribution in [0.1, 0.15) is 44.6 Å². The SMILES string of the molecule is CNC(=O)CN1CCC(N[C@@H]2C[C@@H](c3ccccc3)C2(C)C)CC1. The van der Waals surface area contributed by atoms with Crippen LogP contribution >= 0.6 is 0 Å². The molecule has 1 heterocycles. The molecule has 132 valence electrons. The Bertz CT molecular complexity index is 549. The third-order valence-corrected chi connectivity index (χ3v) is 6.14. The molecule has 0 bridgehead atoms. The quantitative estimate of drug-likeness (QED) is 0.872. The van der Waals surface area contributed by atoms with Gasteiger partial charge in [0.2, 0.25) is 5.91 Å². The van der Waals surface area contributed by atoms with Gasteiger partial charge in [0.05, 0.1) is 6.54 Å². The number of hydrogen-bond donors (Lipinski definition) is 2. The molecule has 1 saturated carbocycles. The van der Waals surface area contributed by atoms with Crippen LogP contribution in [-0.2, 0) is 4.79 Å². The zero-order valence-electron chi connectivity index (χ0n) is 15.2. The number of rotatable bonds is 5. The molecule has 1 aliphatic heterocycles. The highest BCUT2D eigenvalue weighted by atomic mass is 16.1. The number of likely N-dealkylation sites (N-methyl/N-ethyl adjacent to an activating group) is 1. The van der Waals surface area contributed by atoms with E-state index >= 15 is 0 Å². The largest absolute Gasteiger partial charge is 0.358 e. The first kappa shape index (κ1) is 17.4. The molecule has 1 aromatic carbocycles. The molecule has 1 aliphatic carbocycles. The maximum Gasteiger partial charge on any atom is 0.233 e. The van der Waals surface area contributed by atoms with Crippen molar-refractivity contribution in [1.82, 2.24) is 15.5 Å². The van der Waals surface area contributed by atoms with E-state index in [-0.39, 0.29) is 5.91 Å². The van der Waals surface area contributed by atoms with Crippen LogP contribution in [-0.4, -0.2) is 49.6 Å². The fourth-order valence-corrected chi connectivity index (χ4v) is 4.28. The van der Waals surface area contributed by atoms with E-state index in [2.05, 4.69) is 59.7 Å². The summed E-state index contributed by atoms with van der Waals surface area (Å²) in [6.45, 7) is 7.36. The third-order valence-electron chi connectivity index (χ3n) is 6.14. The van der Waals surface area contributed by atoms with E-state index in [0.717, 1.165) is 25.9 Å². The van der Waals surface area contributed by atoms with Gasteiger partial charge in [0.1, 0.15) is 0 Å². The number of piperidine rings is 1. The van der Waals surface area contributed by atoms with Crippen molar-refractivity contribution >= 4 is 5.91 Å². The lowest BCUT2D eigenvalue weighted by molar-refractivity contribution is -0.122. The van der Waals surface area contributed by atoms with E-state index in [1.807, 2.05) is 0 Å². The molecule has 2 N–H and O–H groups in total. The van der Waals surface area contributed by atoms with Crippen molar-refractivity contribution in [3.05, 3.63) is 35.9 Å². The average molecular weight is 329 g/mol. The summed E-state index contributed by atoms with van der Waals surface area (Å²) in [4.78, 5) is 13.7. The molecule has 1 aromatic rings.